The van der Waals surface area contributed by atoms with Crippen molar-refractivity contribution in [3.05, 3.63) is 59.9 Å². The van der Waals surface area contributed by atoms with Crippen LogP contribution in [0.5, 0.6) is 0 Å². The summed E-state index contributed by atoms with van der Waals surface area (Å²) in [6.45, 7) is 6.68. The van der Waals surface area contributed by atoms with Gasteiger partial charge in [-0.3, -0.25) is 9.69 Å². The van der Waals surface area contributed by atoms with Crippen molar-refractivity contribution in [2.75, 3.05) is 45.9 Å². The summed E-state index contributed by atoms with van der Waals surface area (Å²) in [6, 6.07) is 14.7. The monoisotopic (exact) mass is 463 g/mol. The molecule has 0 aliphatic carbocycles. The number of nitrogens with one attached hydrogen (secondary N) is 1. The number of hydrogen-bond acceptors (Lipinski definition) is 3. The number of benzene rings is 2. The topological polar surface area (TPSA) is 48.6 Å². The third-order valence-electron chi connectivity index (χ3n) is 7.46. The normalized spacial score (nSPS) is 18.0. The number of hydrogen-bond donors (Lipinski definition) is 1. The number of aromatic nitrogens is 1. The Bertz CT molecular complexity index is 1100. The molecule has 5 rings (SSSR count). The van der Waals surface area contributed by atoms with E-state index in [0.29, 0.717) is 18.8 Å². The maximum atomic E-state index is 13.5. The molecule has 1 amide bonds. The van der Waals surface area contributed by atoms with Crippen LogP contribution in [0, 0.1) is 11.7 Å². The number of carbonyl (C=O) groups excluding carboxylic acids is 1. The quantitative estimate of drug-likeness (QED) is 0.544. The number of ether oxygens (including phenoxy) is 1. The van der Waals surface area contributed by atoms with Gasteiger partial charge in [0.1, 0.15) is 5.82 Å². The van der Waals surface area contributed by atoms with Gasteiger partial charge in [-0.15, -0.1) is 0 Å². The zero-order valence-corrected chi connectivity index (χ0v) is 19.8. The van der Waals surface area contributed by atoms with Crippen LogP contribution >= 0.6 is 0 Å². The predicted molar refractivity (Wildman–Crippen MR) is 133 cm³/mol. The molecule has 1 N–H and O–H groups in total. The standard InChI is InChI=1S/C28H34FN3O2/c29-23-7-5-22(6-8-23)28-25(24-3-1-2-4-26(24)30-28)9-10-27(33)32-15-12-21(13-16-32)11-14-31-17-19-34-20-18-31/h1-8,21,30H,9-20H2. The van der Waals surface area contributed by atoms with Crippen molar-refractivity contribution < 1.29 is 13.9 Å². The maximum absolute atomic E-state index is 13.5. The summed E-state index contributed by atoms with van der Waals surface area (Å²) < 4.78 is 18.9. The average molecular weight is 464 g/mol. The van der Waals surface area contributed by atoms with Gasteiger partial charge in [-0.2, -0.15) is 0 Å². The van der Waals surface area contributed by atoms with Gasteiger partial charge in [0, 0.05) is 49.2 Å². The van der Waals surface area contributed by atoms with Crippen molar-refractivity contribution in [2.45, 2.75) is 32.1 Å². The molecule has 34 heavy (non-hydrogen) atoms. The van der Waals surface area contributed by atoms with Crippen LogP contribution in [-0.4, -0.2) is 66.6 Å². The Morgan fingerprint density at radius 3 is 2.50 bits per heavy atom. The summed E-state index contributed by atoms with van der Waals surface area (Å²) in [6.07, 6.45) is 4.59. The Balaban J connectivity index is 1.18. The molecule has 0 bridgehead atoms. The van der Waals surface area contributed by atoms with E-state index in [2.05, 4.69) is 26.9 Å². The Hall–Kier alpha value is -2.70. The van der Waals surface area contributed by atoms with Gasteiger partial charge in [-0.1, -0.05) is 18.2 Å². The van der Waals surface area contributed by atoms with Crippen molar-refractivity contribution in [3.8, 4) is 11.3 Å². The van der Waals surface area contributed by atoms with Gasteiger partial charge < -0.3 is 14.6 Å². The fourth-order valence-corrected chi connectivity index (χ4v) is 5.37. The van der Waals surface area contributed by atoms with Crippen LogP contribution in [0.2, 0.25) is 0 Å². The van der Waals surface area contributed by atoms with Crippen molar-refractivity contribution in [3.63, 3.8) is 0 Å². The number of amides is 1. The number of piperidine rings is 1. The fourth-order valence-electron chi connectivity index (χ4n) is 5.37. The third kappa shape index (κ3) is 5.34. The van der Waals surface area contributed by atoms with Gasteiger partial charge in [0.15, 0.2) is 0 Å². The number of para-hydroxylation sites is 1. The van der Waals surface area contributed by atoms with E-state index in [-0.39, 0.29) is 11.7 Å². The van der Waals surface area contributed by atoms with Crippen LogP contribution in [-0.2, 0) is 16.0 Å². The van der Waals surface area contributed by atoms with Crippen molar-refractivity contribution in [1.29, 1.82) is 0 Å². The molecular formula is C28H34FN3O2. The zero-order chi connectivity index (χ0) is 23.3. The van der Waals surface area contributed by atoms with Crippen LogP contribution < -0.4 is 0 Å². The first-order chi connectivity index (χ1) is 16.7. The number of nitrogens with zero attached hydrogens (tertiary/aromatic N) is 2. The summed E-state index contributed by atoms with van der Waals surface area (Å²) in [5.41, 5.74) is 4.11. The molecule has 3 heterocycles. The Kier molecular flexibility index (Phi) is 7.26. The lowest BCUT2D eigenvalue weighted by molar-refractivity contribution is -0.132. The molecule has 2 aliphatic rings. The minimum atomic E-state index is -0.245. The van der Waals surface area contributed by atoms with Gasteiger partial charge >= 0.3 is 0 Å². The van der Waals surface area contributed by atoms with Gasteiger partial charge in [0.2, 0.25) is 5.91 Å². The Labute approximate surface area is 200 Å². The smallest absolute Gasteiger partial charge is 0.222 e. The molecule has 180 valence electrons. The summed E-state index contributed by atoms with van der Waals surface area (Å²) in [7, 11) is 0. The molecule has 2 aromatic carbocycles. The number of likely N-dealkylation sites (tertiary alicyclic amines) is 1. The molecule has 6 heteroatoms. The first kappa shape index (κ1) is 23.1. The number of aromatic amines is 1. The van der Waals surface area contributed by atoms with Crippen LogP contribution in [0.25, 0.3) is 22.2 Å². The zero-order valence-electron chi connectivity index (χ0n) is 19.8. The predicted octanol–water partition coefficient (Wildman–Crippen LogP) is 4.87. The first-order valence-corrected chi connectivity index (χ1v) is 12.6. The lowest BCUT2D eigenvalue weighted by Gasteiger charge is -2.34. The molecule has 5 nitrogen and oxygen atoms in total. The molecule has 0 saturated carbocycles. The summed E-state index contributed by atoms with van der Waals surface area (Å²) in [5, 5.41) is 1.14. The molecule has 2 aliphatic heterocycles. The molecule has 0 radical (unpaired) electrons. The van der Waals surface area contributed by atoms with Gasteiger partial charge in [0.25, 0.3) is 0 Å². The van der Waals surface area contributed by atoms with E-state index < -0.39 is 0 Å². The lowest BCUT2D eigenvalue weighted by atomic mass is 9.93. The Morgan fingerprint density at radius 2 is 1.74 bits per heavy atom. The van der Waals surface area contributed by atoms with Crippen LogP contribution in [0.4, 0.5) is 4.39 Å². The minimum Gasteiger partial charge on any atom is -0.379 e. The molecule has 0 spiro atoms. The molecule has 0 unspecified atom stereocenters. The highest BCUT2D eigenvalue weighted by Crippen LogP contribution is 2.32. The third-order valence-corrected chi connectivity index (χ3v) is 7.46. The summed E-state index contributed by atoms with van der Waals surface area (Å²) >= 11 is 0. The molecular weight excluding hydrogens is 429 g/mol. The molecule has 2 saturated heterocycles. The number of morpholine rings is 1. The number of aryl methyl sites for hydroxylation is 1. The molecule has 0 atom stereocenters. The second kappa shape index (κ2) is 10.7. The highest BCUT2D eigenvalue weighted by Gasteiger charge is 2.24. The van der Waals surface area contributed by atoms with Crippen LogP contribution in [0.1, 0.15) is 31.2 Å². The number of H-pyrrole nitrogens is 1. The lowest BCUT2D eigenvalue weighted by Crippen LogP contribution is -2.40. The summed E-state index contributed by atoms with van der Waals surface area (Å²) in [5.74, 6) is 0.706. The van der Waals surface area contributed by atoms with E-state index in [4.69, 9.17) is 4.74 Å². The number of fused-ring (bicyclic) bond motifs is 1. The molecule has 3 aromatic rings. The van der Waals surface area contributed by atoms with E-state index in [1.807, 2.05) is 12.1 Å². The van der Waals surface area contributed by atoms with Gasteiger partial charge in [-0.05, 0) is 79.6 Å². The number of halogens is 1. The molecule has 2 fully saturated rings. The second-order valence-corrected chi connectivity index (χ2v) is 9.60. The van der Waals surface area contributed by atoms with E-state index in [0.717, 1.165) is 86.5 Å². The Morgan fingerprint density at radius 1 is 1.00 bits per heavy atom. The van der Waals surface area contributed by atoms with E-state index >= 15 is 0 Å². The number of rotatable bonds is 7. The van der Waals surface area contributed by atoms with Crippen molar-refractivity contribution >= 4 is 16.8 Å². The largest absolute Gasteiger partial charge is 0.379 e. The highest BCUT2D eigenvalue weighted by molar-refractivity contribution is 5.91. The van der Waals surface area contributed by atoms with Crippen molar-refractivity contribution in [1.82, 2.24) is 14.8 Å². The highest BCUT2D eigenvalue weighted by atomic mass is 19.1. The van der Waals surface area contributed by atoms with Crippen LogP contribution in [0.3, 0.4) is 0 Å². The minimum absolute atomic E-state index is 0.238. The van der Waals surface area contributed by atoms with Gasteiger partial charge in [-0.25, -0.2) is 4.39 Å². The number of carbonyl (C=O) groups is 1. The van der Waals surface area contributed by atoms with Crippen molar-refractivity contribution in [2.24, 2.45) is 5.92 Å². The van der Waals surface area contributed by atoms with Crippen LogP contribution in [0.15, 0.2) is 48.5 Å². The van der Waals surface area contributed by atoms with E-state index in [1.54, 1.807) is 12.1 Å². The van der Waals surface area contributed by atoms with Gasteiger partial charge in [0.05, 0.1) is 13.2 Å². The van der Waals surface area contributed by atoms with E-state index in [1.165, 1.54) is 18.6 Å². The SMILES string of the molecule is O=C(CCc1c(-c2ccc(F)cc2)[nH]c2ccccc12)N1CCC(CCN2CCOCC2)CC1. The second-order valence-electron chi connectivity index (χ2n) is 9.60. The van der Waals surface area contributed by atoms with E-state index in [9.17, 15) is 9.18 Å². The fraction of sp³-hybridized carbons (Fsp3) is 0.464. The maximum Gasteiger partial charge on any atom is 0.222 e. The molecule has 1 aromatic heterocycles. The summed E-state index contributed by atoms with van der Waals surface area (Å²) in [4.78, 5) is 21.1. The first-order valence-electron chi connectivity index (χ1n) is 12.6. The average Bonchev–Trinajstić information content (AvgIpc) is 3.26.